The van der Waals surface area contributed by atoms with Gasteiger partial charge in [0.05, 0.1) is 22.4 Å². The normalized spacial score (nSPS) is 11.3. The Kier molecular flexibility index (Phi) is 6.35. The van der Waals surface area contributed by atoms with Gasteiger partial charge in [0.25, 0.3) is 0 Å². The van der Waals surface area contributed by atoms with E-state index in [-0.39, 0.29) is 0 Å². The second-order valence-electron chi connectivity index (χ2n) is 11.2. The van der Waals surface area contributed by atoms with E-state index in [9.17, 15) is 0 Å². The molecule has 0 aliphatic rings. The maximum Gasteiger partial charge on any atom is 0.160 e. The molecule has 0 saturated carbocycles. The Balaban J connectivity index is 1.31. The highest BCUT2D eigenvalue weighted by Crippen LogP contribution is 2.37. The van der Waals surface area contributed by atoms with E-state index < -0.39 is 0 Å². The van der Waals surface area contributed by atoms with Crippen molar-refractivity contribution in [2.75, 3.05) is 0 Å². The van der Waals surface area contributed by atoms with Gasteiger partial charge in [-0.2, -0.15) is 0 Å². The van der Waals surface area contributed by atoms with Crippen LogP contribution in [0.4, 0.5) is 0 Å². The summed E-state index contributed by atoms with van der Waals surface area (Å²) in [4.78, 5) is 10.2. The summed E-state index contributed by atoms with van der Waals surface area (Å²) in [6.07, 6.45) is 0. The first-order valence-corrected chi connectivity index (χ1v) is 14.9. The molecular weight excluding hydrogens is 534 g/mol. The maximum absolute atomic E-state index is 5.14. The highest BCUT2D eigenvalue weighted by atomic mass is 15.0. The smallest absolute Gasteiger partial charge is 0.160 e. The quantitative estimate of drug-likeness (QED) is 0.209. The topological polar surface area (TPSA) is 30.7 Å². The van der Waals surface area contributed by atoms with Crippen molar-refractivity contribution >= 4 is 21.8 Å². The van der Waals surface area contributed by atoms with E-state index in [0.717, 1.165) is 44.9 Å². The number of para-hydroxylation sites is 2. The summed E-state index contributed by atoms with van der Waals surface area (Å²) in [5.74, 6) is 0.715. The fourth-order valence-corrected chi connectivity index (χ4v) is 6.15. The van der Waals surface area contributed by atoms with Crippen molar-refractivity contribution in [1.29, 1.82) is 0 Å². The van der Waals surface area contributed by atoms with E-state index in [1.165, 1.54) is 27.4 Å². The third-order valence-electron chi connectivity index (χ3n) is 8.30. The second kappa shape index (κ2) is 10.8. The average molecular weight is 564 g/mol. The van der Waals surface area contributed by atoms with Crippen LogP contribution in [0.15, 0.2) is 158 Å². The molecule has 0 bridgehead atoms. The van der Waals surface area contributed by atoms with Crippen LogP contribution in [0.25, 0.3) is 72.5 Å². The lowest BCUT2D eigenvalue weighted by atomic mass is 9.96. The molecule has 6 aromatic carbocycles. The summed E-state index contributed by atoms with van der Waals surface area (Å²) in [5, 5.41) is 2.51. The van der Waals surface area contributed by atoms with E-state index >= 15 is 0 Å². The fraction of sp³-hybridized carbons (Fsp3) is 0.0244. The number of fused-ring (bicyclic) bond motifs is 3. The van der Waals surface area contributed by atoms with Crippen LogP contribution < -0.4 is 0 Å². The number of aryl methyl sites for hydroxylation is 1. The number of hydrogen-bond acceptors (Lipinski definition) is 2. The first-order chi connectivity index (χ1) is 21.7. The van der Waals surface area contributed by atoms with E-state index in [2.05, 4.69) is 151 Å². The van der Waals surface area contributed by atoms with Gasteiger partial charge < -0.3 is 4.57 Å². The molecule has 0 radical (unpaired) electrons. The summed E-state index contributed by atoms with van der Waals surface area (Å²) in [6, 6.07) is 55.5. The van der Waals surface area contributed by atoms with E-state index in [0.29, 0.717) is 5.82 Å². The molecule has 0 N–H and O–H groups in total. The van der Waals surface area contributed by atoms with Gasteiger partial charge in [-0.3, -0.25) is 0 Å². The molecule has 0 aliphatic heterocycles. The molecule has 0 atom stereocenters. The molecule has 8 aromatic rings. The van der Waals surface area contributed by atoms with Crippen LogP contribution in [0, 0.1) is 6.92 Å². The minimum atomic E-state index is 0.715. The van der Waals surface area contributed by atoms with Crippen LogP contribution in [-0.2, 0) is 0 Å². The van der Waals surface area contributed by atoms with Crippen LogP contribution in [0.2, 0.25) is 0 Å². The molecule has 0 fully saturated rings. The Morgan fingerprint density at radius 3 is 1.75 bits per heavy atom. The van der Waals surface area contributed by atoms with Gasteiger partial charge in [-0.25, -0.2) is 9.97 Å². The molecule has 0 spiro atoms. The summed E-state index contributed by atoms with van der Waals surface area (Å²) < 4.78 is 2.37. The van der Waals surface area contributed by atoms with Crippen LogP contribution in [0.5, 0.6) is 0 Å². The van der Waals surface area contributed by atoms with Gasteiger partial charge in [-0.1, -0.05) is 133 Å². The molecule has 8 rings (SSSR count). The summed E-state index contributed by atoms with van der Waals surface area (Å²) in [6.45, 7) is 2.11. The minimum Gasteiger partial charge on any atom is -0.309 e. The van der Waals surface area contributed by atoms with Crippen molar-refractivity contribution in [1.82, 2.24) is 14.5 Å². The molecule has 2 heterocycles. The van der Waals surface area contributed by atoms with E-state index in [1.54, 1.807) is 0 Å². The molecule has 3 nitrogen and oxygen atoms in total. The third-order valence-corrected chi connectivity index (χ3v) is 8.30. The molecule has 0 unspecified atom stereocenters. The first kappa shape index (κ1) is 25.9. The Labute approximate surface area is 256 Å². The molecule has 0 aliphatic carbocycles. The number of hydrogen-bond donors (Lipinski definition) is 0. The van der Waals surface area contributed by atoms with E-state index in [1.807, 2.05) is 18.2 Å². The zero-order valence-electron chi connectivity index (χ0n) is 24.4. The van der Waals surface area contributed by atoms with Crippen molar-refractivity contribution < 1.29 is 0 Å². The Bertz CT molecular complexity index is 2230. The van der Waals surface area contributed by atoms with Crippen molar-refractivity contribution in [3.63, 3.8) is 0 Å². The largest absolute Gasteiger partial charge is 0.309 e. The summed E-state index contributed by atoms with van der Waals surface area (Å²) in [5.41, 5.74) is 11.9. The van der Waals surface area contributed by atoms with Gasteiger partial charge in [0.2, 0.25) is 0 Å². The highest BCUT2D eigenvalue weighted by Gasteiger charge is 2.16. The second-order valence-corrected chi connectivity index (χ2v) is 11.2. The van der Waals surface area contributed by atoms with Crippen molar-refractivity contribution in [2.45, 2.75) is 6.92 Å². The lowest BCUT2D eigenvalue weighted by molar-refractivity contribution is 1.18. The maximum atomic E-state index is 5.14. The van der Waals surface area contributed by atoms with Crippen LogP contribution in [0.1, 0.15) is 5.56 Å². The average Bonchev–Trinajstić information content (AvgIpc) is 3.43. The van der Waals surface area contributed by atoms with Crippen molar-refractivity contribution in [2.24, 2.45) is 0 Å². The molecule has 2 aromatic heterocycles. The number of nitrogens with zero attached hydrogens (tertiary/aromatic N) is 3. The monoisotopic (exact) mass is 563 g/mol. The lowest BCUT2D eigenvalue weighted by Gasteiger charge is -2.14. The summed E-state index contributed by atoms with van der Waals surface area (Å²) >= 11 is 0. The number of benzene rings is 6. The predicted octanol–water partition coefficient (Wildman–Crippen LogP) is 10.6. The zero-order valence-corrected chi connectivity index (χ0v) is 24.4. The van der Waals surface area contributed by atoms with Gasteiger partial charge in [-0.05, 0) is 48.4 Å². The molecule has 208 valence electrons. The van der Waals surface area contributed by atoms with Gasteiger partial charge in [0.15, 0.2) is 5.82 Å². The first-order valence-electron chi connectivity index (χ1n) is 14.9. The third kappa shape index (κ3) is 4.56. The lowest BCUT2D eigenvalue weighted by Crippen LogP contribution is -1.97. The minimum absolute atomic E-state index is 0.715. The molecular formula is C41H29N3. The standard InChI is InChI=1S/C41H29N3/c1-28-22-24-29(25-23-28)37-27-38(43-41(42-37)30-12-3-2-4-13-30)34-17-6-5-16-33(34)31-14-11-15-32(26-31)44-39-20-9-7-18-35(39)36-19-8-10-21-40(36)44/h2-27H,1H3. The number of rotatable bonds is 5. The molecule has 3 heteroatoms. The molecule has 0 amide bonds. The number of aromatic nitrogens is 3. The fourth-order valence-electron chi connectivity index (χ4n) is 6.15. The molecule has 44 heavy (non-hydrogen) atoms. The van der Waals surface area contributed by atoms with Gasteiger partial charge in [0, 0.05) is 33.2 Å². The highest BCUT2D eigenvalue weighted by molar-refractivity contribution is 6.09. The Morgan fingerprint density at radius 1 is 0.432 bits per heavy atom. The van der Waals surface area contributed by atoms with Crippen molar-refractivity contribution in [3.05, 3.63) is 163 Å². The van der Waals surface area contributed by atoms with Crippen LogP contribution in [0.3, 0.4) is 0 Å². The van der Waals surface area contributed by atoms with Crippen LogP contribution in [-0.4, -0.2) is 14.5 Å². The summed E-state index contributed by atoms with van der Waals surface area (Å²) in [7, 11) is 0. The predicted molar refractivity (Wildman–Crippen MR) is 183 cm³/mol. The van der Waals surface area contributed by atoms with Crippen LogP contribution >= 0.6 is 0 Å². The Morgan fingerprint density at radius 2 is 1.02 bits per heavy atom. The van der Waals surface area contributed by atoms with Gasteiger partial charge in [0.1, 0.15) is 0 Å². The Hall–Kier alpha value is -5.80. The molecule has 0 saturated heterocycles. The van der Waals surface area contributed by atoms with Gasteiger partial charge in [-0.15, -0.1) is 0 Å². The van der Waals surface area contributed by atoms with Crippen molar-refractivity contribution in [3.8, 4) is 50.7 Å². The SMILES string of the molecule is Cc1ccc(-c2cc(-c3ccccc3-c3cccc(-n4c5ccccc5c5ccccc54)c3)nc(-c3ccccc3)n2)cc1. The van der Waals surface area contributed by atoms with Gasteiger partial charge >= 0.3 is 0 Å². The van der Waals surface area contributed by atoms with E-state index in [4.69, 9.17) is 9.97 Å². The zero-order chi connectivity index (χ0) is 29.5.